The van der Waals surface area contributed by atoms with Crippen molar-refractivity contribution in [2.45, 2.75) is 33.7 Å². The molecule has 0 bridgehead atoms. The smallest absolute Gasteiger partial charge is 0.224 e. The predicted molar refractivity (Wildman–Crippen MR) is 67.3 cm³/mol. The van der Waals surface area contributed by atoms with Gasteiger partial charge in [-0.05, 0) is 39.9 Å². The fourth-order valence-corrected chi connectivity index (χ4v) is 1.31. The molecular formula is C10H15BrClN3. The summed E-state index contributed by atoms with van der Waals surface area (Å²) in [4.78, 5) is 8.00. The van der Waals surface area contributed by atoms with Gasteiger partial charge in [0.05, 0.1) is 4.47 Å². The molecule has 15 heavy (non-hydrogen) atoms. The van der Waals surface area contributed by atoms with Crippen LogP contribution in [0.1, 0.15) is 27.7 Å². The SMILES string of the molecule is CC(Nc1nc(Cl)ncc1Br)C(C)(C)C. The fourth-order valence-electron chi connectivity index (χ4n) is 0.868. The molecule has 0 amide bonds. The number of anilines is 1. The summed E-state index contributed by atoms with van der Waals surface area (Å²) in [5.74, 6) is 0.734. The second kappa shape index (κ2) is 4.66. The van der Waals surface area contributed by atoms with Crippen molar-refractivity contribution in [1.82, 2.24) is 9.97 Å². The van der Waals surface area contributed by atoms with Crippen LogP contribution in [0.5, 0.6) is 0 Å². The predicted octanol–water partition coefficient (Wildman–Crippen LogP) is 3.74. The Morgan fingerprint density at radius 3 is 2.60 bits per heavy atom. The molecule has 0 aromatic carbocycles. The second-order valence-corrected chi connectivity index (χ2v) is 5.76. The normalized spacial score (nSPS) is 13.7. The lowest BCUT2D eigenvalue weighted by molar-refractivity contribution is 0.358. The lowest BCUT2D eigenvalue weighted by Crippen LogP contribution is -2.31. The van der Waals surface area contributed by atoms with Crippen molar-refractivity contribution in [3.8, 4) is 0 Å². The van der Waals surface area contributed by atoms with Crippen molar-refractivity contribution >= 4 is 33.3 Å². The zero-order valence-corrected chi connectivity index (χ0v) is 11.6. The van der Waals surface area contributed by atoms with Gasteiger partial charge in [0.2, 0.25) is 5.28 Å². The maximum atomic E-state index is 5.73. The van der Waals surface area contributed by atoms with Crippen LogP contribution in [0.25, 0.3) is 0 Å². The van der Waals surface area contributed by atoms with Crippen molar-refractivity contribution in [2.24, 2.45) is 5.41 Å². The van der Waals surface area contributed by atoms with Gasteiger partial charge < -0.3 is 5.32 Å². The van der Waals surface area contributed by atoms with Crippen molar-refractivity contribution in [2.75, 3.05) is 5.32 Å². The summed E-state index contributed by atoms with van der Waals surface area (Å²) in [7, 11) is 0. The van der Waals surface area contributed by atoms with E-state index in [1.165, 1.54) is 0 Å². The van der Waals surface area contributed by atoms with Gasteiger partial charge >= 0.3 is 0 Å². The minimum absolute atomic E-state index is 0.164. The summed E-state index contributed by atoms with van der Waals surface area (Å²) in [6, 6.07) is 0.291. The Hall–Kier alpha value is -0.350. The van der Waals surface area contributed by atoms with Crippen LogP contribution in [0.4, 0.5) is 5.82 Å². The minimum Gasteiger partial charge on any atom is -0.366 e. The molecule has 0 aliphatic carbocycles. The van der Waals surface area contributed by atoms with Crippen molar-refractivity contribution < 1.29 is 0 Å². The standard InChI is InChI=1S/C10H15BrClN3/c1-6(10(2,3)4)14-8-7(11)5-13-9(12)15-8/h5-6H,1-4H3,(H,13,14,15). The highest BCUT2D eigenvalue weighted by Gasteiger charge is 2.21. The minimum atomic E-state index is 0.164. The summed E-state index contributed by atoms with van der Waals surface area (Å²) in [6.07, 6.45) is 1.65. The summed E-state index contributed by atoms with van der Waals surface area (Å²) >= 11 is 9.11. The van der Waals surface area contributed by atoms with Crippen LogP contribution in [0, 0.1) is 5.41 Å². The Kier molecular flexibility index (Phi) is 3.95. The first-order valence-electron chi connectivity index (χ1n) is 4.75. The third kappa shape index (κ3) is 3.61. The highest BCUT2D eigenvalue weighted by Crippen LogP contribution is 2.26. The van der Waals surface area contributed by atoms with E-state index in [1.54, 1.807) is 6.20 Å². The average molecular weight is 293 g/mol. The van der Waals surface area contributed by atoms with E-state index >= 15 is 0 Å². The van der Waals surface area contributed by atoms with E-state index in [0.717, 1.165) is 10.3 Å². The molecule has 1 N–H and O–H groups in total. The maximum absolute atomic E-state index is 5.73. The molecule has 0 saturated carbocycles. The molecule has 0 saturated heterocycles. The van der Waals surface area contributed by atoms with Gasteiger partial charge in [0.15, 0.2) is 0 Å². The van der Waals surface area contributed by atoms with Gasteiger partial charge in [-0.15, -0.1) is 0 Å². The first kappa shape index (κ1) is 12.7. The molecule has 5 heteroatoms. The first-order valence-corrected chi connectivity index (χ1v) is 5.92. The lowest BCUT2D eigenvalue weighted by Gasteiger charge is -2.28. The second-order valence-electron chi connectivity index (χ2n) is 4.57. The molecule has 3 nitrogen and oxygen atoms in total. The Morgan fingerprint density at radius 1 is 1.47 bits per heavy atom. The lowest BCUT2D eigenvalue weighted by atomic mass is 9.88. The van der Waals surface area contributed by atoms with Gasteiger partial charge in [-0.3, -0.25) is 0 Å². The molecule has 1 atom stereocenters. The van der Waals surface area contributed by atoms with Gasteiger partial charge in [-0.1, -0.05) is 20.8 Å². The van der Waals surface area contributed by atoms with Gasteiger partial charge in [0.1, 0.15) is 5.82 Å². The molecule has 0 fully saturated rings. The summed E-state index contributed by atoms with van der Waals surface area (Å²) in [5, 5.41) is 3.56. The van der Waals surface area contributed by atoms with Crippen LogP contribution in [-0.4, -0.2) is 16.0 Å². The van der Waals surface area contributed by atoms with E-state index in [2.05, 4.69) is 58.9 Å². The van der Waals surface area contributed by atoms with Crippen LogP contribution in [0.2, 0.25) is 5.28 Å². The van der Waals surface area contributed by atoms with Gasteiger partial charge in [0.25, 0.3) is 0 Å². The first-order chi connectivity index (χ1) is 6.80. The Labute approximate surface area is 104 Å². The van der Waals surface area contributed by atoms with E-state index in [0.29, 0.717) is 6.04 Å². The molecule has 0 aliphatic rings. The van der Waals surface area contributed by atoms with E-state index in [1.807, 2.05) is 0 Å². The van der Waals surface area contributed by atoms with Crippen molar-refractivity contribution in [3.05, 3.63) is 16.0 Å². The number of aromatic nitrogens is 2. The number of nitrogens with zero attached hydrogens (tertiary/aromatic N) is 2. The van der Waals surface area contributed by atoms with E-state index in [9.17, 15) is 0 Å². The van der Waals surface area contributed by atoms with Gasteiger partial charge in [-0.25, -0.2) is 4.98 Å². The molecule has 1 rings (SSSR count). The van der Waals surface area contributed by atoms with Crippen LogP contribution in [0.3, 0.4) is 0 Å². The van der Waals surface area contributed by atoms with E-state index < -0.39 is 0 Å². The molecule has 0 radical (unpaired) electrons. The van der Waals surface area contributed by atoms with E-state index in [4.69, 9.17) is 11.6 Å². The van der Waals surface area contributed by atoms with Crippen LogP contribution in [-0.2, 0) is 0 Å². The van der Waals surface area contributed by atoms with Crippen molar-refractivity contribution in [1.29, 1.82) is 0 Å². The van der Waals surface area contributed by atoms with Crippen LogP contribution >= 0.6 is 27.5 Å². The van der Waals surface area contributed by atoms with Gasteiger partial charge in [-0.2, -0.15) is 4.98 Å². The zero-order valence-electron chi connectivity index (χ0n) is 9.31. The molecule has 0 spiro atoms. The summed E-state index contributed by atoms with van der Waals surface area (Å²) in [5.41, 5.74) is 0.164. The third-order valence-electron chi connectivity index (χ3n) is 2.37. The summed E-state index contributed by atoms with van der Waals surface area (Å²) < 4.78 is 0.822. The molecule has 1 aromatic rings. The quantitative estimate of drug-likeness (QED) is 0.844. The Morgan fingerprint density at radius 2 is 2.07 bits per heavy atom. The highest BCUT2D eigenvalue weighted by atomic mass is 79.9. The largest absolute Gasteiger partial charge is 0.366 e. The molecule has 1 heterocycles. The molecular weight excluding hydrogens is 277 g/mol. The number of hydrogen-bond acceptors (Lipinski definition) is 3. The molecule has 1 unspecified atom stereocenters. The van der Waals surface area contributed by atoms with Crippen LogP contribution < -0.4 is 5.32 Å². The fraction of sp³-hybridized carbons (Fsp3) is 0.600. The third-order valence-corrected chi connectivity index (χ3v) is 3.13. The molecule has 1 aromatic heterocycles. The Bertz CT molecular complexity index is 349. The maximum Gasteiger partial charge on any atom is 0.224 e. The highest BCUT2D eigenvalue weighted by molar-refractivity contribution is 9.10. The van der Waals surface area contributed by atoms with Crippen molar-refractivity contribution in [3.63, 3.8) is 0 Å². The Balaban J connectivity index is 2.85. The van der Waals surface area contributed by atoms with Crippen LogP contribution in [0.15, 0.2) is 10.7 Å². The topological polar surface area (TPSA) is 37.8 Å². The number of halogens is 2. The summed E-state index contributed by atoms with van der Waals surface area (Å²) in [6.45, 7) is 8.62. The zero-order chi connectivity index (χ0) is 11.6. The monoisotopic (exact) mass is 291 g/mol. The number of nitrogens with one attached hydrogen (secondary N) is 1. The molecule has 84 valence electrons. The average Bonchev–Trinajstić information content (AvgIpc) is 2.09. The van der Waals surface area contributed by atoms with Gasteiger partial charge in [0, 0.05) is 12.2 Å². The number of rotatable bonds is 2. The van der Waals surface area contributed by atoms with E-state index in [-0.39, 0.29) is 10.7 Å². The number of hydrogen-bond donors (Lipinski definition) is 1. The molecule has 0 aliphatic heterocycles.